The molecule has 1 N–H and O–H groups in total. The molecule has 0 bridgehead atoms. The minimum atomic E-state index is -0.700. The van der Waals surface area contributed by atoms with Gasteiger partial charge in [0.25, 0.3) is 5.91 Å². The minimum Gasteiger partial charge on any atom is -0.349 e. The van der Waals surface area contributed by atoms with Crippen molar-refractivity contribution < 1.29 is 9.18 Å². The number of halogens is 1. The number of rotatable bonds is 2. The Kier molecular flexibility index (Phi) is 3.71. The fraction of sp³-hybridized carbons (Fsp3) is 0.538. The topological polar surface area (TPSA) is 42.0 Å². The Morgan fingerprint density at radius 2 is 2.24 bits per heavy atom. The fourth-order valence-electron chi connectivity index (χ4n) is 2.33. The minimum absolute atomic E-state index is 0.0327. The summed E-state index contributed by atoms with van der Waals surface area (Å²) in [7, 11) is 0. The third-order valence-electron chi connectivity index (χ3n) is 3.43. The van der Waals surface area contributed by atoms with Crippen molar-refractivity contribution in [1.29, 1.82) is 0 Å². The van der Waals surface area contributed by atoms with Gasteiger partial charge in [0.2, 0.25) is 5.95 Å². The van der Waals surface area contributed by atoms with Gasteiger partial charge in [-0.25, -0.2) is 4.98 Å². The molecule has 3 nitrogen and oxygen atoms in total. The van der Waals surface area contributed by atoms with E-state index in [0.29, 0.717) is 5.92 Å². The second-order valence-corrected chi connectivity index (χ2v) is 4.68. The molecule has 1 fully saturated rings. The number of hydrogen-bond donors (Lipinski definition) is 1. The van der Waals surface area contributed by atoms with Crippen LogP contribution in [0.3, 0.4) is 0 Å². The molecule has 1 aliphatic carbocycles. The molecule has 1 aromatic rings. The monoisotopic (exact) mass is 236 g/mol. The Bertz CT molecular complexity index is 408. The quantitative estimate of drug-likeness (QED) is 0.802. The Hall–Kier alpha value is -1.45. The predicted octanol–water partition coefficient (Wildman–Crippen LogP) is 2.53. The highest BCUT2D eigenvalue weighted by Crippen LogP contribution is 2.24. The maximum atomic E-state index is 13.3. The molecule has 0 aliphatic heterocycles. The van der Waals surface area contributed by atoms with E-state index in [0.717, 1.165) is 19.3 Å². The van der Waals surface area contributed by atoms with E-state index < -0.39 is 5.95 Å². The molecule has 1 saturated carbocycles. The Balaban J connectivity index is 2.04. The van der Waals surface area contributed by atoms with Crippen LogP contribution in [0.1, 0.15) is 43.0 Å². The molecule has 92 valence electrons. The molecule has 0 spiro atoms. The highest BCUT2D eigenvalue weighted by atomic mass is 19.1. The molecule has 0 aromatic carbocycles. The highest BCUT2D eigenvalue weighted by molar-refractivity contribution is 5.94. The molecule has 1 heterocycles. The fourth-order valence-corrected chi connectivity index (χ4v) is 2.33. The SMILES string of the molecule is CC1CCCCC1NC(=O)c1cccnc1F. The summed E-state index contributed by atoms with van der Waals surface area (Å²) >= 11 is 0. The average molecular weight is 236 g/mol. The maximum absolute atomic E-state index is 13.3. The summed E-state index contributed by atoms with van der Waals surface area (Å²) in [5.74, 6) is -0.588. The molecule has 2 atom stereocenters. The van der Waals surface area contributed by atoms with Crippen molar-refractivity contribution in [3.63, 3.8) is 0 Å². The van der Waals surface area contributed by atoms with Gasteiger partial charge < -0.3 is 5.32 Å². The lowest BCUT2D eigenvalue weighted by atomic mass is 9.86. The molecule has 2 rings (SSSR count). The molecule has 1 aromatic heterocycles. The smallest absolute Gasteiger partial charge is 0.256 e. The zero-order chi connectivity index (χ0) is 12.3. The first-order chi connectivity index (χ1) is 8.18. The van der Waals surface area contributed by atoms with Gasteiger partial charge in [0, 0.05) is 12.2 Å². The van der Waals surface area contributed by atoms with Crippen molar-refractivity contribution in [2.75, 3.05) is 0 Å². The maximum Gasteiger partial charge on any atom is 0.256 e. The Labute approximate surface area is 100 Å². The van der Waals surface area contributed by atoms with Gasteiger partial charge in [-0.2, -0.15) is 4.39 Å². The lowest BCUT2D eigenvalue weighted by Crippen LogP contribution is -2.41. The van der Waals surface area contributed by atoms with Crippen LogP contribution in [0.2, 0.25) is 0 Å². The van der Waals surface area contributed by atoms with Crippen molar-refractivity contribution in [2.45, 2.75) is 38.6 Å². The average Bonchev–Trinajstić information content (AvgIpc) is 2.32. The van der Waals surface area contributed by atoms with Gasteiger partial charge in [0.15, 0.2) is 0 Å². The predicted molar refractivity (Wildman–Crippen MR) is 63.1 cm³/mol. The van der Waals surface area contributed by atoms with E-state index in [4.69, 9.17) is 0 Å². The number of aromatic nitrogens is 1. The number of carbonyl (C=O) groups is 1. The second-order valence-electron chi connectivity index (χ2n) is 4.68. The van der Waals surface area contributed by atoms with Crippen LogP contribution in [0, 0.1) is 11.9 Å². The molecule has 17 heavy (non-hydrogen) atoms. The van der Waals surface area contributed by atoms with Crippen LogP contribution >= 0.6 is 0 Å². The van der Waals surface area contributed by atoms with Crippen LogP contribution in [-0.2, 0) is 0 Å². The molecular formula is C13H17FN2O. The normalized spacial score (nSPS) is 24.4. The summed E-state index contributed by atoms with van der Waals surface area (Å²) in [6, 6.07) is 3.20. The van der Waals surface area contributed by atoms with Crippen LogP contribution in [0.15, 0.2) is 18.3 Å². The van der Waals surface area contributed by atoms with Crippen molar-refractivity contribution in [3.8, 4) is 0 Å². The van der Waals surface area contributed by atoms with E-state index in [1.165, 1.54) is 18.7 Å². The van der Waals surface area contributed by atoms with E-state index in [2.05, 4.69) is 17.2 Å². The van der Waals surface area contributed by atoms with E-state index in [1.807, 2.05) is 0 Å². The van der Waals surface area contributed by atoms with E-state index in [9.17, 15) is 9.18 Å². The molecule has 1 amide bonds. The lowest BCUT2D eigenvalue weighted by molar-refractivity contribution is 0.0905. The van der Waals surface area contributed by atoms with Crippen LogP contribution in [-0.4, -0.2) is 16.9 Å². The third-order valence-corrected chi connectivity index (χ3v) is 3.43. The van der Waals surface area contributed by atoms with Crippen LogP contribution in [0.5, 0.6) is 0 Å². The summed E-state index contributed by atoms with van der Waals surface area (Å²) in [6.07, 6.45) is 5.80. The number of hydrogen-bond acceptors (Lipinski definition) is 2. The summed E-state index contributed by atoms with van der Waals surface area (Å²) in [5, 5.41) is 2.91. The Morgan fingerprint density at radius 3 is 2.94 bits per heavy atom. The summed E-state index contributed by atoms with van der Waals surface area (Å²) < 4.78 is 13.3. The lowest BCUT2D eigenvalue weighted by Gasteiger charge is -2.29. The highest BCUT2D eigenvalue weighted by Gasteiger charge is 2.24. The molecule has 4 heteroatoms. The molecule has 1 aliphatic rings. The zero-order valence-electron chi connectivity index (χ0n) is 9.95. The van der Waals surface area contributed by atoms with Gasteiger partial charge in [0.05, 0.1) is 5.56 Å². The zero-order valence-corrected chi connectivity index (χ0v) is 9.95. The first-order valence-corrected chi connectivity index (χ1v) is 6.10. The molecule has 0 saturated heterocycles. The van der Waals surface area contributed by atoms with Gasteiger partial charge in [-0.3, -0.25) is 4.79 Å². The number of nitrogens with one attached hydrogen (secondary N) is 1. The van der Waals surface area contributed by atoms with Gasteiger partial charge in [-0.1, -0.05) is 19.8 Å². The standard InChI is InChI=1S/C13H17FN2O/c1-9-5-2-3-7-11(9)16-13(17)10-6-4-8-15-12(10)14/h4,6,8-9,11H,2-3,5,7H2,1H3,(H,16,17). The number of amides is 1. The van der Waals surface area contributed by atoms with E-state index >= 15 is 0 Å². The molecule has 2 unspecified atom stereocenters. The second kappa shape index (κ2) is 5.25. The van der Waals surface area contributed by atoms with Gasteiger partial charge >= 0.3 is 0 Å². The van der Waals surface area contributed by atoms with Crippen molar-refractivity contribution in [1.82, 2.24) is 10.3 Å². The van der Waals surface area contributed by atoms with Crippen molar-refractivity contribution in [2.24, 2.45) is 5.92 Å². The van der Waals surface area contributed by atoms with Gasteiger partial charge in [-0.05, 0) is 30.9 Å². The summed E-state index contributed by atoms with van der Waals surface area (Å²) in [6.45, 7) is 2.13. The van der Waals surface area contributed by atoms with Crippen molar-refractivity contribution >= 4 is 5.91 Å². The van der Waals surface area contributed by atoms with Crippen LogP contribution < -0.4 is 5.32 Å². The van der Waals surface area contributed by atoms with Gasteiger partial charge in [0.1, 0.15) is 0 Å². The number of carbonyl (C=O) groups excluding carboxylic acids is 1. The van der Waals surface area contributed by atoms with E-state index in [-0.39, 0.29) is 17.5 Å². The summed E-state index contributed by atoms with van der Waals surface area (Å²) in [4.78, 5) is 15.4. The first kappa shape index (κ1) is 12.0. The van der Waals surface area contributed by atoms with E-state index in [1.54, 1.807) is 6.07 Å². The van der Waals surface area contributed by atoms with Crippen LogP contribution in [0.25, 0.3) is 0 Å². The molecular weight excluding hydrogens is 219 g/mol. The summed E-state index contributed by atoms with van der Waals surface area (Å²) in [5.41, 5.74) is 0.0327. The number of nitrogens with zero attached hydrogens (tertiary/aromatic N) is 1. The Morgan fingerprint density at radius 1 is 1.47 bits per heavy atom. The van der Waals surface area contributed by atoms with Gasteiger partial charge in [-0.15, -0.1) is 0 Å². The first-order valence-electron chi connectivity index (χ1n) is 6.10. The van der Waals surface area contributed by atoms with Crippen LogP contribution in [0.4, 0.5) is 4.39 Å². The largest absolute Gasteiger partial charge is 0.349 e. The van der Waals surface area contributed by atoms with Crippen molar-refractivity contribution in [3.05, 3.63) is 29.8 Å². The molecule has 0 radical (unpaired) electrons. The number of pyridine rings is 1. The third kappa shape index (κ3) is 2.81.